The lowest BCUT2D eigenvalue weighted by Crippen LogP contribution is -2.15. The lowest BCUT2D eigenvalue weighted by Gasteiger charge is -2.19. The minimum absolute atomic E-state index is 0.0440. The second kappa shape index (κ2) is 6.96. The summed E-state index contributed by atoms with van der Waals surface area (Å²) in [6.45, 7) is 4.71. The molecule has 2 aromatic rings. The van der Waals surface area contributed by atoms with Crippen LogP contribution in [0.3, 0.4) is 0 Å². The van der Waals surface area contributed by atoms with Crippen molar-refractivity contribution in [2.45, 2.75) is 19.9 Å². The molecule has 20 heavy (non-hydrogen) atoms. The number of para-hydroxylation sites is 1. The molecule has 106 valence electrons. The number of aryl methyl sites for hydroxylation is 1. The molecule has 2 rings (SSSR count). The number of anilines is 1. The number of hydrogen-bond donors (Lipinski definition) is 2. The van der Waals surface area contributed by atoms with E-state index in [0.29, 0.717) is 6.61 Å². The average Bonchev–Trinajstić information content (AvgIpc) is 2.48. The SMILES string of the molecule is CCOc1ccc(C(CO)Nc2ccccc2C)cc1. The zero-order valence-electron chi connectivity index (χ0n) is 12.0. The summed E-state index contributed by atoms with van der Waals surface area (Å²) in [5, 5.41) is 13.0. The Balaban J connectivity index is 2.13. The van der Waals surface area contributed by atoms with E-state index in [0.717, 1.165) is 22.6 Å². The van der Waals surface area contributed by atoms with Gasteiger partial charge in [-0.3, -0.25) is 0 Å². The third-order valence-electron chi connectivity index (χ3n) is 3.25. The van der Waals surface area contributed by atoms with Gasteiger partial charge >= 0.3 is 0 Å². The highest BCUT2D eigenvalue weighted by atomic mass is 16.5. The van der Waals surface area contributed by atoms with Crippen LogP contribution >= 0.6 is 0 Å². The second-order valence-corrected chi connectivity index (χ2v) is 4.70. The summed E-state index contributed by atoms with van der Waals surface area (Å²) in [4.78, 5) is 0. The van der Waals surface area contributed by atoms with Crippen molar-refractivity contribution in [3.05, 3.63) is 59.7 Å². The normalized spacial score (nSPS) is 11.9. The van der Waals surface area contributed by atoms with Crippen LogP contribution in [-0.4, -0.2) is 18.3 Å². The van der Waals surface area contributed by atoms with E-state index in [9.17, 15) is 5.11 Å². The van der Waals surface area contributed by atoms with Crippen molar-refractivity contribution >= 4 is 5.69 Å². The van der Waals surface area contributed by atoms with Crippen LogP contribution in [0.1, 0.15) is 24.1 Å². The third kappa shape index (κ3) is 3.52. The average molecular weight is 271 g/mol. The van der Waals surface area contributed by atoms with E-state index in [1.807, 2.05) is 49.4 Å². The molecule has 2 N–H and O–H groups in total. The quantitative estimate of drug-likeness (QED) is 0.844. The van der Waals surface area contributed by atoms with Gasteiger partial charge in [0.25, 0.3) is 0 Å². The van der Waals surface area contributed by atoms with E-state index in [2.05, 4.69) is 18.3 Å². The molecule has 0 radical (unpaired) electrons. The number of rotatable bonds is 6. The Morgan fingerprint density at radius 1 is 1.10 bits per heavy atom. The molecule has 0 spiro atoms. The van der Waals surface area contributed by atoms with Crippen molar-refractivity contribution in [3.8, 4) is 5.75 Å². The fourth-order valence-corrected chi connectivity index (χ4v) is 2.12. The molecule has 0 amide bonds. The Hall–Kier alpha value is -2.00. The predicted octanol–water partition coefficient (Wildman–Crippen LogP) is 3.54. The summed E-state index contributed by atoms with van der Waals surface area (Å²) in [6, 6.07) is 15.8. The van der Waals surface area contributed by atoms with Gasteiger partial charge in [0.2, 0.25) is 0 Å². The number of ether oxygens (including phenoxy) is 1. The van der Waals surface area contributed by atoms with Crippen LogP contribution in [0.25, 0.3) is 0 Å². The lowest BCUT2D eigenvalue weighted by molar-refractivity contribution is 0.276. The molecule has 3 nitrogen and oxygen atoms in total. The number of benzene rings is 2. The fraction of sp³-hybridized carbons (Fsp3) is 0.294. The molecule has 0 heterocycles. The van der Waals surface area contributed by atoms with Crippen molar-refractivity contribution in [2.75, 3.05) is 18.5 Å². The number of nitrogens with one attached hydrogen (secondary N) is 1. The molecule has 0 saturated carbocycles. The van der Waals surface area contributed by atoms with Crippen LogP contribution in [0.2, 0.25) is 0 Å². The van der Waals surface area contributed by atoms with Crippen molar-refractivity contribution in [1.29, 1.82) is 0 Å². The summed E-state index contributed by atoms with van der Waals surface area (Å²) in [6.07, 6.45) is 0. The second-order valence-electron chi connectivity index (χ2n) is 4.70. The zero-order chi connectivity index (χ0) is 14.4. The van der Waals surface area contributed by atoms with Gasteiger partial charge in [-0.15, -0.1) is 0 Å². The minimum Gasteiger partial charge on any atom is -0.494 e. The van der Waals surface area contributed by atoms with E-state index in [1.165, 1.54) is 0 Å². The monoisotopic (exact) mass is 271 g/mol. The fourth-order valence-electron chi connectivity index (χ4n) is 2.12. The summed E-state index contributed by atoms with van der Waals surface area (Å²) < 4.78 is 5.43. The van der Waals surface area contributed by atoms with Crippen LogP contribution in [0.4, 0.5) is 5.69 Å². The highest BCUT2D eigenvalue weighted by molar-refractivity contribution is 5.52. The van der Waals surface area contributed by atoms with E-state index < -0.39 is 0 Å². The molecule has 0 aliphatic heterocycles. The highest BCUT2D eigenvalue weighted by Crippen LogP contribution is 2.23. The lowest BCUT2D eigenvalue weighted by atomic mass is 10.1. The Bertz CT molecular complexity index is 537. The van der Waals surface area contributed by atoms with Gasteiger partial charge in [-0.1, -0.05) is 30.3 Å². The first kappa shape index (κ1) is 14.4. The molecule has 0 aromatic heterocycles. The van der Waals surface area contributed by atoms with Gasteiger partial charge in [-0.25, -0.2) is 0 Å². The van der Waals surface area contributed by atoms with Gasteiger partial charge in [0.05, 0.1) is 19.3 Å². The van der Waals surface area contributed by atoms with Crippen LogP contribution < -0.4 is 10.1 Å². The maximum absolute atomic E-state index is 9.61. The van der Waals surface area contributed by atoms with Crippen LogP contribution in [0.5, 0.6) is 5.75 Å². The van der Waals surface area contributed by atoms with Crippen LogP contribution in [0, 0.1) is 6.92 Å². The molecule has 0 bridgehead atoms. The maximum atomic E-state index is 9.61. The molecule has 0 aliphatic carbocycles. The van der Waals surface area contributed by atoms with E-state index in [1.54, 1.807) is 0 Å². The van der Waals surface area contributed by atoms with Gasteiger partial charge < -0.3 is 15.2 Å². The number of aliphatic hydroxyl groups excluding tert-OH is 1. The third-order valence-corrected chi connectivity index (χ3v) is 3.25. The van der Waals surface area contributed by atoms with Crippen molar-refractivity contribution in [2.24, 2.45) is 0 Å². The van der Waals surface area contributed by atoms with Gasteiger partial charge in [0, 0.05) is 5.69 Å². The van der Waals surface area contributed by atoms with Crippen molar-refractivity contribution in [3.63, 3.8) is 0 Å². The maximum Gasteiger partial charge on any atom is 0.119 e. The first-order valence-corrected chi connectivity index (χ1v) is 6.90. The Morgan fingerprint density at radius 2 is 1.80 bits per heavy atom. The van der Waals surface area contributed by atoms with Gasteiger partial charge in [-0.2, -0.15) is 0 Å². The van der Waals surface area contributed by atoms with E-state index in [4.69, 9.17) is 4.74 Å². The predicted molar refractivity (Wildman–Crippen MR) is 82.2 cm³/mol. The first-order valence-electron chi connectivity index (χ1n) is 6.90. The zero-order valence-corrected chi connectivity index (χ0v) is 12.0. The number of aliphatic hydroxyl groups is 1. The van der Waals surface area contributed by atoms with Crippen LogP contribution in [0.15, 0.2) is 48.5 Å². The molecule has 0 aliphatic rings. The molecule has 1 unspecified atom stereocenters. The Morgan fingerprint density at radius 3 is 2.40 bits per heavy atom. The molecular weight excluding hydrogens is 250 g/mol. The van der Waals surface area contributed by atoms with E-state index in [-0.39, 0.29) is 12.6 Å². The summed E-state index contributed by atoms with van der Waals surface area (Å²) in [7, 11) is 0. The highest BCUT2D eigenvalue weighted by Gasteiger charge is 2.11. The van der Waals surface area contributed by atoms with Crippen LogP contribution in [-0.2, 0) is 0 Å². The Kier molecular flexibility index (Phi) is 5.02. The van der Waals surface area contributed by atoms with Gasteiger partial charge in [0.1, 0.15) is 5.75 Å². The molecule has 2 aromatic carbocycles. The molecule has 3 heteroatoms. The molecular formula is C17H21NO2. The molecule has 0 fully saturated rings. The standard InChI is InChI=1S/C17H21NO2/c1-3-20-15-10-8-14(9-11-15)17(12-19)18-16-7-5-4-6-13(16)2/h4-11,17-19H,3,12H2,1-2H3. The van der Waals surface area contributed by atoms with Crippen molar-refractivity contribution in [1.82, 2.24) is 0 Å². The van der Waals surface area contributed by atoms with E-state index >= 15 is 0 Å². The summed E-state index contributed by atoms with van der Waals surface area (Å²) in [5.74, 6) is 0.851. The Labute approximate surface area is 120 Å². The topological polar surface area (TPSA) is 41.5 Å². The number of hydrogen-bond acceptors (Lipinski definition) is 3. The van der Waals surface area contributed by atoms with Gasteiger partial charge in [0.15, 0.2) is 0 Å². The summed E-state index contributed by atoms with van der Waals surface area (Å²) in [5.41, 5.74) is 3.25. The largest absolute Gasteiger partial charge is 0.494 e. The first-order chi connectivity index (χ1) is 9.74. The summed E-state index contributed by atoms with van der Waals surface area (Å²) >= 11 is 0. The minimum atomic E-state index is -0.119. The van der Waals surface area contributed by atoms with Crippen molar-refractivity contribution < 1.29 is 9.84 Å². The van der Waals surface area contributed by atoms with Gasteiger partial charge in [-0.05, 0) is 43.2 Å². The smallest absolute Gasteiger partial charge is 0.119 e. The molecule has 0 saturated heterocycles. The molecule has 1 atom stereocenters.